The summed E-state index contributed by atoms with van der Waals surface area (Å²) in [7, 11) is 0. The number of fused-ring (bicyclic) bond motifs is 1. The van der Waals surface area contributed by atoms with Crippen LogP contribution in [0, 0.1) is 11.3 Å². The SMILES string of the molecule is C=CC(=O)N1C[C@H](c2ccccc2)C[C@H]1C(=O)N1Cc2ccc(C#N)cc2C1. The highest BCUT2D eigenvalue weighted by Gasteiger charge is 2.42. The molecule has 1 fully saturated rings. The molecule has 0 saturated carbocycles. The first-order valence-electron chi connectivity index (χ1n) is 9.39. The van der Waals surface area contributed by atoms with E-state index in [9.17, 15) is 9.59 Å². The summed E-state index contributed by atoms with van der Waals surface area (Å²) in [6, 6.07) is 17.2. The Morgan fingerprint density at radius 1 is 1.11 bits per heavy atom. The Kier molecular flexibility index (Phi) is 4.70. The van der Waals surface area contributed by atoms with Crippen molar-refractivity contribution in [2.24, 2.45) is 0 Å². The molecular weight excluding hydrogens is 350 g/mol. The first kappa shape index (κ1) is 18.0. The van der Waals surface area contributed by atoms with E-state index in [-0.39, 0.29) is 17.7 Å². The summed E-state index contributed by atoms with van der Waals surface area (Å²) in [5.74, 6) is -0.113. The van der Waals surface area contributed by atoms with Gasteiger partial charge in [0.15, 0.2) is 0 Å². The van der Waals surface area contributed by atoms with Crippen LogP contribution in [0.15, 0.2) is 61.2 Å². The molecule has 0 bridgehead atoms. The van der Waals surface area contributed by atoms with E-state index in [1.54, 1.807) is 15.9 Å². The fourth-order valence-electron chi connectivity index (χ4n) is 4.23. The van der Waals surface area contributed by atoms with Gasteiger partial charge < -0.3 is 9.80 Å². The van der Waals surface area contributed by atoms with E-state index in [4.69, 9.17) is 5.26 Å². The van der Waals surface area contributed by atoms with Crippen molar-refractivity contribution in [3.8, 4) is 6.07 Å². The summed E-state index contributed by atoms with van der Waals surface area (Å²) in [6.07, 6.45) is 1.89. The van der Waals surface area contributed by atoms with Crippen LogP contribution < -0.4 is 0 Å². The Morgan fingerprint density at radius 3 is 2.57 bits per heavy atom. The molecule has 0 radical (unpaired) electrons. The van der Waals surface area contributed by atoms with Gasteiger partial charge in [-0.3, -0.25) is 9.59 Å². The Labute approximate surface area is 164 Å². The zero-order valence-electron chi connectivity index (χ0n) is 15.5. The lowest BCUT2D eigenvalue weighted by atomic mass is 9.96. The van der Waals surface area contributed by atoms with E-state index in [2.05, 4.69) is 12.6 Å². The summed E-state index contributed by atoms with van der Waals surface area (Å²) in [6.45, 7) is 5.11. The van der Waals surface area contributed by atoms with Crippen molar-refractivity contribution in [3.63, 3.8) is 0 Å². The zero-order chi connectivity index (χ0) is 19.7. The number of amides is 2. The number of hydrogen-bond donors (Lipinski definition) is 0. The highest BCUT2D eigenvalue weighted by atomic mass is 16.2. The molecule has 0 spiro atoms. The van der Waals surface area contributed by atoms with E-state index in [0.717, 1.165) is 16.7 Å². The molecule has 2 aromatic carbocycles. The van der Waals surface area contributed by atoms with Crippen molar-refractivity contribution in [2.75, 3.05) is 6.54 Å². The summed E-state index contributed by atoms with van der Waals surface area (Å²) in [4.78, 5) is 29.2. The van der Waals surface area contributed by atoms with Crippen LogP contribution in [0.5, 0.6) is 0 Å². The molecule has 4 rings (SSSR count). The number of benzene rings is 2. The van der Waals surface area contributed by atoms with Gasteiger partial charge in [-0.2, -0.15) is 5.26 Å². The fourth-order valence-corrected chi connectivity index (χ4v) is 4.23. The van der Waals surface area contributed by atoms with Crippen LogP contribution in [0.2, 0.25) is 0 Å². The molecule has 2 aliphatic rings. The monoisotopic (exact) mass is 371 g/mol. The van der Waals surface area contributed by atoms with Gasteiger partial charge in [0.25, 0.3) is 0 Å². The number of hydrogen-bond acceptors (Lipinski definition) is 3. The van der Waals surface area contributed by atoms with Crippen LogP contribution in [-0.2, 0) is 22.7 Å². The van der Waals surface area contributed by atoms with Gasteiger partial charge in [-0.25, -0.2) is 0 Å². The molecule has 2 aromatic rings. The van der Waals surface area contributed by atoms with Gasteiger partial charge >= 0.3 is 0 Å². The second-order valence-corrected chi connectivity index (χ2v) is 7.34. The summed E-state index contributed by atoms with van der Waals surface area (Å²) < 4.78 is 0. The molecule has 2 amide bonds. The van der Waals surface area contributed by atoms with Gasteiger partial charge in [-0.1, -0.05) is 43.0 Å². The van der Waals surface area contributed by atoms with E-state index < -0.39 is 6.04 Å². The molecule has 5 nitrogen and oxygen atoms in total. The number of nitriles is 1. The van der Waals surface area contributed by atoms with Crippen LogP contribution in [0.1, 0.15) is 34.6 Å². The Balaban J connectivity index is 1.56. The molecule has 2 heterocycles. The van der Waals surface area contributed by atoms with Gasteiger partial charge in [0, 0.05) is 25.6 Å². The van der Waals surface area contributed by atoms with Crippen LogP contribution in [0.3, 0.4) is 0 Å². The van der Waals surface area contributed by atoms with Gasteiger partial charge in [-0.05, 0) is 41.3 Å². The smallest absolute Gasteiger partial charge is 0.246 e. The average Bonchev–Trinajstić information content (AvgIpc) is 3.37. The second kappa shape index (κ2) is 7.32. The minimum Gasteiger partial charge on any atom is -0.332 e. The molecule has 2 atom stereocenters. The molecule has 1 saturated heterocycles. The van der Waals surface area contributed by atoms with E-state index in [0.29, 0.717) is 31.6 Å². The van der Waals surface area contributed by atoms with Gasteiger partial charge in [0.1, 0.15) is 6.04 Å². The van der Waals surface area contributed by atoms with Crippen molar-refractivity contribution < 1.29 is 9.59 Å². The van der Waals surface area contributed by atoms with Crippen LogP contribution in [-0.4, -0.2) is 34.2 Å². The van der Waals surface area contributed by atoms with Crippen LogP contribution in [0.25, 0.3) is 0 Å². The van der Waals surface area contributed by atoms with Gasteiger partial charge in [0.05, 0.1) is 11.6 Å². The van der Waals surface area contributed by atoms with Crippen LogP contribution in [0.4, 0.5) is 0 Å². The summed E-state index contributed by atoms with van der Waals surface area (Å²) >= 11 is 0. The standard InChI is InChI=1S/C23H21N3O2/c1-2-22(27)26-15-20(17-6-4-3-5-7-17)11-21(26)23(28)25-13-18-9-8-16(12-24)10-19(18)14-25/h2-10,20-21H,1,11,13-15H2/t20-,21+/m1/s1. The maximum atomic E-state index is 13.3. The maximum Gasteiger partial charge on any atom is 0.246 e. The molecule has 0 aromatic heterocycles. The summed E-state index contributed by atoms with van der Waals surface area (Å²) in [5.41, 5.74) is 3.81. The Bertz CT molecular complexity index is 977. The Hall–Kier alpha value is -3.39. The topological polar surface area (TPSA) is 64.4 Å². The molecule has 2 aliphatic heterocycles. The second-order valence-electron chi connectivity index (χ2n) is 7.34. The fraction of sp³-hybridized carbons (Fsp3) is 0.261. The van der Waals surface area contributed by atoms with E-state index in [1.807, 2.05) is 42.5 Å². The minimum absolute atomic E-state index is 0.0386. The molecule has 140 valence electrons. The quantitative estimate of drug-likeness (QED) is 0.779. The highest BCUT2D eigenvalue weighted by Crippen LogP contribution is 2.34. The average molecular weight is 371 g/mol. The third-order valence-electron chi connectivity index (χ3n) is 5.68. The van der Waals surface area contributed by atoms with Crippen molar-refractivity contribution in [2.45, 2.75) is 31.5 Å². The summed E-state index contributed by atoms with van der Waals surface area (Å²) in [5, 5.41) is 9.09. The molecule has 0 N–H and O–H groups in total. The van der Waals surface area contributed by atoms with E-state index >= 15 is 0 Å². The lowest BCUT2D eigenvalue weighted by Crippen LogP contribution is -2.45. The number of nitrogens with zero attached hydrogens (tertiary/aromatic N) is 3. The number of carbonyl (C=O) groups is 2. The predicted molar refractivity (Wildman–Crippen MR) is 105 cm³/mol. The predicted octanol–water partition coefficient (Wildman–Crippen LogP) is 2.97. The molecular formula is C23H21N3O2. The first-order valence-corrected chi connectivity index (χ1v) is 9.39. The third-order valence-corrected chi connectivity index (χ3v) is 5.68. The number of likely N-dealkylation sites (tertiary alicyclic amines) is 1. The largest absolute Gasteiger partial charge is 0.332 e. The Morgan fingerprint density at radius 2 is 1.86 bits per heavy atom. The maximum absolute atomic E-state index is 13.3. The molecule has 5 heteroatoms. The number of rotatable bonds is 3. The zero-order valence-corrected chi connectivity index (χ0v) is 15.5. The highest BCUT2D eigenvalue weighted by molar-refractivity contribution is 5.93. The third kappa shape index (κ3) is 3.18. The first-order chi connectivity index (χ1) is 13.6. The normalized spacial score (nSPS) is 20.5. The van der Waals surface area contributed by atoms with Crippen molar-refractivity contribution >= 4 is 11.8 Å². The van der Waals surface area contributed by atoms with E-state index in [1.165, 1.54) is 6.08 Å². The molecule has 28 heavy (non-hydrogen) atoms. The number of carbonyl (C=O) groups excluding carboxylic acids is 2. The lowest BCUT2D eigenvalue weighted by Gasteiger charge is -2.26. The van der Waals surface area contributed by atoms with Crippen molar-refractivity contribution in [1.29, 1.82) is 5.26 Å². The van der Waals surface area contributed by atoms with Crippen LogP contribution >= 0.6 is 0 Å². The molecule has 0 aliphatic carbocycles. The van der Waals surface area contributed by atoms with Gasteiger partial charge in [0.2, 0.25) is 11.8 Å². The minimum atomic E-state index is -0.486. The van der Waals surface area contributed by atoms with Gasteiger partial charge in [-0.15, -0.1) is 0 Å². The van der Waals surface area contributed by atoms with Crippen molar-refractivity contribution in [3.05, 3.63) is 83.4 Å². The van der Waals surface area contributed by atoms with Crippen molar-refractivity contribution in [1.82, 2.24) is 9.80 Å². The molecule has 0 unspecified atom stereocenters. The lowest BCUT2D eigenvalue weighted by molar-refractivity contribution is -0.142.